The number of rotatable bonds is 6. The molecule has 0 amide bonds. The summed E-state index contributed by atoms with van der Waals surface area (Å²) >= 11 is 3.20. The number of hydrogen-bond acceptors (Lipinski definition) is 3. The molecule has 0 aliphatic carbocycles. The highest BCUT2D eigenvalue weighted by atomic mass is 79.9. The lowest BCUT2D eigenvalue weighted by molar-refractivity contribution is -0.385. The van der Waals surface area contributed by atoms with E-state index >= 15 is 0 Å². The van der Waals surface area contributed by atoms with Crippen molar-refractivity contribution in [3.8, 4) is 0 Å². The molecule has 1 N–H and O–H groups in total. The predicted molar refractivity (Wildman–Crippen MR) is 87.1 cm³/mol. The number of halogens is 1. The second-order valence-electron chi connectivity index (χ2n) is 4.80. The van der Waals surface area contributed by atoms with Crippen LogP contribution in [0.3, 0.4) is 0 Å². The summed E-state index contributed by atoms with van der Waals surface area (Å²) in [6.07, 6.45) is 0.961. The Morgan fingerprint density at radius 1 is 1.24 bits per heavy atom. The number of nitrogens with zero attached hydrogens (tertiary/aromatic N) is 1. The van der Waals surface area contributed by atoms with Crippen molar-refractivity contribution < 1.29 is 4.92 Å². The van der Waals surface area contributed by atoms with Crippen LogP contribution in [0.4, 0.5) is 5.69 Å². The zero-order valence-corrected chi connectivity index (χ0v) is 13.3. The summed E-state index contributed by atoms with van der Waals surface area (Å²) in [6.45, 7) is 2.72. The van der Waals surface area contributed by atoms with Gasteiger partial charge in [-0.3, -0.25) is 10.1 Å². The predicted octanol–water partition coefficient (Wildman–Crippen LogP) is 4.60. The Bertz CT molecular complexity index is 617. The van der Waals surface area contributed by atoms with E-state index < -0.39 is 0 Å². The maximum Gasteiger partial charge on any atom is 0.283 e. The van der Waals surface area contributed by atoms with Crippen LogP contribution in [0.5, 0.6) is 0 Å². The summed E-state index contributed by atoms with van der Waals surface area (Å²) < 4.78 is 0.506. The molecule has 2 rings (SSSR count). The van der Waals surface area contributed by atoms with Gasteiger partial charge in [-0.05, 0) is 39.5 Å². The normalized spacial score (nSPS) is 12.1. The molecule has 5 heteroatoms. The van der Waals surface area contributed by atoms with Crippen LogP contribution in [0.25, 0.3) is 0 Å². The molecular weight excluding hydrogens is 332 g/mol. The highest BCUT2D eigenvalue weighted by Gasteiger charge is 2.13. The van der Waals surface area contributed by atoms with E-state index in [1.54, 1.807) is 12.1 Å². The van der Waals surface area contributed by atoms with Crippen molar-refractivity contribution in [2.75, 3.05) is 0 Å². The number of hydrogen-bond donors (Lipinski definition) is 1. The smallest absolute Gasteiger partial charge is 0.283 e. The first-order chi connectivity index (χ1) is 10.1. The second-order valence-corrected chi connectivity index (χ2v) is 5.65. The van der Waals surface area contributed by atoms with E-state index in [-0.39, 0.29) is 16.7 Å². The van der Waals surface area contributed by atoms with Gasteiger partial charge in [-0.15, -0.1) is 0 Å². The summed E-state index contributed by atoms with van der Waals surface area (Å²) in [7, 11) is 0. The monoisotopic (exact) mass is 348 g/mol. The van der Waals surface area contributed by atoms with Gasteiger partial charge < -0.3 is 5.32 Å². The van der Waals surface area contributed by atoms with Crippen LogP contribution < -0.4 is 5.32 Å². The average Bonchev–Trinajstić information content (AvgIpc) is 2.50. The molecule has 0 aliphatic heterocycles. The maximum atomic E-state index is 10.9. The Balaban J connectivity index is 2.08. The summed E-state index contributed by atoms with van der Waals surface area (Å²) in [6, 6.07) is 15.7. The van der Waals surface area contributed by atoms with Crippen LogP contribution >= 0.6 is 15.9 Å². The molecule has 110 valence electrons. The van der Waals surface area contributed by atoms with E-state index in [0.717, 1.165) is 12.0 Å². The molecule has 21 heavy (non-hydrogen) atoms. The van der Waals surface area contributed by atoms with E-state index in [9.17, 15) is 10.1 Å². The fourth-order valence-corrected chi connectivity index (χ4v) is 2.62. The van der Waals surface area contributed by atoms with Gasteiger partial charge in [0.05, 0.1) is 9.40 Å². The van der Waals surface area contributed by atoms with Crippen LogP contribution in [0.2, 0.25) is 0 Å². The fourth-order valence-electron chi connectivity index (χ4n) is 2.23. The zero-order chi connectivity index (χ0) is 15.2. The molecule has 1 atom stereocenters. The van der Waals surface area contributed by atoms with E-state index in [2.05, 4.69) is 40.3 Å². The van der Waals surface area contributed by atoms with Gasteiger partial charge >= 0.3 is 0 Å². The first-order valence-electron chi connectivity index (χ1n) is 6.83. The van der Waals surface area contributed by atoms with Gasteiger partial charge in [0, 0.05) is 18.7 Å². The molecule has 1 unspecified atom stereocenters. The van der Waals surface area contributed by atoms with Gasteiger partial charge in [0.1, 0.15) is 0 Å². The topological polar surface area (TPSA) is 55.2 Å². The fraction of sp³-hybridized carbons (Fsp3) is 0.250. The minimum absolute atomic E-state index is 0.0991. The Morgan fingerprint density at radius 2 is 1.95 bits per heavy atom. The molecule has 2 aromatic carbocycles. The van der Waals surface area contributed by atoms with E-state index in [4.69, 9.17) is 0 Å². The molecule has 0 aliphatic rings. The highest BCUT2D eigenvalue weighted by molar-refractivity contribution is 9.10. The van der Waals surface area contributed by atoms with E-state index in [1.807, 2.05) is 24.3 Å². The second kappa shape index (κ2) is 7.33. The molecule has 0 aromatic heterocycles. The quantitative estimate of drug-likeness (QED) is 0.613. The molecule has 0 spiro atoms. The summed E-state index contributed by atoms with van der Waals surface area (Å²) in [5.41, 5.74) is 2.23. The van der Waals surface area contributed by atoms with Crippen LogP contribution in [0.1, 0.15) is 30.5 Å². The molecular formula is C16H17BrN2O2. The van der Waals surface area contributed by atoms with Crippen molar-refractivity contribution in [3.63, 3.8) is 0 Å². The Hall–Kier alpha value is -1.72. The molecule has 4 nitrogen and oxygen atoms in total. The lowest BCUT2D eigenvalue weighted by atomic mass is 10.0. The minimum Gasteiger partial charge on any atom is -0.306 e. The van der Waals surface area contributed by atoms with Gasteiger partial charge in [0.25, 0.3) is 5.69 Å². The number of nitrogens with one attached hydrogen (secondary N) is 1. The van der Waals surface area contributed by atoms with Gasteiger partial charge in [-0.2, -0.15) is 0 Å². The number of benzene rings is 2. The van der Waals surface area contributed by atoms with Crippen molar-refractivity contribution in [1.82, 2.24) is 5.32 Å². The molecule has 0 fully saturated rings. The third kappa shape index (κ3) is 4.12. The summed E-state index contributed by atoms with van der Waals surface area (Å²) in [5.74, 6) is 0. The zero-order valence-electron chi connectivity index (χ0n) is 11.8. The van der Waals surface area contributed by atoms with E-state index in [1.165, 1.54) is 5.56 Å². The molecule has 0 heterocycles. The van der Waals surface area contributed by atoms with Crippen molar-refractivity contribution in [1.29, 1.82) is 0 Å². The van der Waals surface area contributed by atoms with Gasteiger partial charge in [0.15, 0.2) is 0 Å². The van der Waals surface area contributed by atoms with Crippen LogP contribution in [0, 0.1) is 10.1 Å². The van der Waals surface area contributed by atoms with Crippen molar-refractivity contribution in [2.24, 2.45) is 0 Å². The third-order valence-electron chi connectivity index (χ3n) is 3.37. The van der Waals surface area contributed by atoms with Crippen LogP contribution in [0.15, 0.2) is 53.0 Å². The number of nitro benzene ring substituents is 1. The van der Waals surface area contributed by atoms with Crippen molar-refractivity contribution in [2.45, 2.75) is 25.9 Å². The molecule has 0 saturated carbocycles. The van der Waals surface area contributed by atoms with Gasteiger partial charge in [0.2, 0.25) is 0 Å². The lowest BCUT2D eigenvalue weighted by Gasteiger charge is -2.17. The summed E-state index contributed by atoms with van der Waals surface area (Å²) in [4.78, 5) is 10.6. The number of nitro groups is 1. The first kappa shape index (κ1) is 15.7. The molecule has 0 bridgehead atoms. The molecule has 2 aromatic rings. The van der Waals surface area contributed by atoms with Crippen molar-refractivity contribution in [3.05, 3.63) is 74.2 Å². The highest BCUT2D eigenvalue weighted by Crippen LogP contribution is 2.26. The van der Waals surface area contributed by atoms with Crippen LogP contribution in [-0.4, -0.2) is 4.92 Å². The maximum absolute atomic E-state index is 10.9. The third-order valence-corrected chi connectivity index (χ3v) is 4.04. The molecule has 0 radical (unpaired) electrons. The van der Waals surface area contributed by atoms with Gasteiger partial charge in [-0.25, -0.2) is 0 Å². The van der Waals surface area contributed by atoms with Crippen LogP contribution in [-0.2, 0) is 6.54 Å². The Labute approximate surface area is 132 Å². The SMILES string of the molecule is CCC(NCc1ccc(Br)c([N+](=O)[O-])c1)c1ccccc1. The molecule has 0 saturated heterocycles. The minimum atomic E-state index is -0.373. The standard InChI is InChI=1S/C16H17BrN2O2/c1-2-15(13-6-4-3-5-7-13)18-11-12-8-9-14(17)16(10-12)19(20)21/h3-10,15,18H,2,11H2,1H3. The van der Waals surface area contributed by atoms with Crippen molar-refractivity contribution >= 4 is 21.6 Å². The summed E-state index contributed by atoms with van der Waals surface area (Å²) in [5, 5.41) is 14.4. The Kier molecular flexibility index (Phi) is 5.47. The van der Waals surface area contributed by atoms with E-state index in [0.29, 0.717) is 11.0 Å². The average molecular weight is 349 g/mol. The lowest BCUT2D eigenvalue weighted by Crippen LogP contribution is -2.20. The largest absolute Gasteiger partial charge is 0.306 e. The Morgan fingerprint density at radius 3 is 2.57 bits per heavy atom. The van der Waals surface area contributed by atoms with Gasteiger partial charge in [-0.1, -0.05) is 43.3 Å². The first-order valence-corrected chi connectivity index (χ1v) is 7.62.